The molecule has 0 saturated heterocycles. The summed E-state index contributed by atoms with van der Waals surface area (Å²) in [5.74, 6) is 0. The summed E-state index contributed by atoms with van der Waals surface area (Å²) in [4.78, 5) is 0.919. The minimum Gasteiger partial charge on any atom is -0.238 e. The average molecular weight is 165 g/mol. The zero-order valence-electron chi connectivity index (χ0n) is 5.10. The molecule has 0 aromatic rings. The molecule has 0 heterocycles. The highest BCUT2D eigenvalue weighted by atomic mass is 35.7. The molecule has 1 nitrogen and oxygen atoms in total. The van der Waals surface area contributed by atoms with Crippen molar-refractivity contribution in [3.8, 4) is 0 Å². The summed E-state index contributed by atoms with van der Waals surface area (Å²) in [6.45, 7) is 0. The summed E-state index contributed by atoms with van der Waals surface area (Å²) in [5, 5.41) is 0. The first-order chi connectivity index (χ1) is 4.30. The van der Waals surface area contributed by atoms with Gasteiger partial charge in [-0.25, -0.2) is 4.21 Å². The Morgan fingerprint density at radius 2 is 2.33 bits per heavy atom. The lowest BCUT2D eigenvalue weighted by atomic mass is 10.1. The Kier molecular flexibility index (Phi) is 2.73. The van der Waals surface area contributed by atoms with Crippen LogP contribution in [0, 0.1) is 0 Å². The van der Waals surface area contributed by atoms with Crippen LogP contribution in [-0.2, 0) is 10.0 Å². The normalized spacial score (nSPS) is 23.0. The molecule has 0 bridgehead atoms. The highest BCUT2D eigenvalue weighted by molar-refractivity contribution is 8.11. The summed E-state index contributed by atoms with van der Waals surface area (Å²) in [7, 11) is 4.14. The summed E-state index contributed by atoms with van der Waals surface area (Å²) in [6.07, 6.45) is 6.33. The van der Waals surface area contributed by atoms with Gasteiger partial charge < -0.3 is 0 Å². The van der Waals surface area contributed by atoms with Crippen LogP contribution in [0.25, 0.3) is 0 Å². The van der Waals surface area contributed by atoms with Crippen molar-refractivity contribution in [1.82, 2.24) is 0 Å². The first-order valence-corrected chi connectivity index (χ1v) is 5.05. The Bertz CT molecular complexity index is 153. The molecule has 9 heavy (non-hydrogen) atoms. The van der Waals surface area contributed by atoms with E-state index in [0.29, 0.717) is 0 Å². The van der Waals surface area contributed by atoms with Crippen LogP contribution in [0.2, 0.25) is 0 Å². The predicted octanol–water partition coefficient (Wildman–Crippen LogP) is 2.35. The minimum absolute atomic E-state index is 0.919. The Morgan fingerprint density at radius 3 is 2.67 bits per heavy atom. The van der Waals surface area contributed by atoms with Crippen molar-refractivity contribution in [1.29, 1.82) is 0 Å². The molecule has 0 aromatic heterocycles. The summed E-state index contributed by atoms with van der Waals surface area (Å²) in [5.41, 5.74) is 0. The monoisotopic (exact) mass is 164 g/mol. The number of halogens is 1. The average Bonchev–Trinajstić information content (AvgIpc) is 1.90. The van der Waals surface area contributed by atoms with Crippen molar-refractivity contribution in [2.24, 2.45) is 0 Å². The summed E-state index contributed by atoms with van der Waals surface area (Å²) < 4.78 is 10.6. The van der Waals surface area contributed by atoms with Gasteiger partial charge in [0.2, 0.25) is 0 Å². The smallest absolute Gasteiger partial charge is 0.143 e. The molecule has 1 aliphatic carbocycles. The van der Waals surface area contributed by atoms with E-state index in [2.05, 4.69) is 0 Å². The maximum Gasteiger partial charge on any atom is 0.143 e. The molecule has 1 rings (SSSR count). The fourth-order valence-corrected chi connectivity index (χ4v) is 1.93. The molecule has 0 aromatic carbocycles. The van der Waals surface area contributed by atoms with Crippen molar-refractivity contribution in [3.05, 3.63) is 11.0 Å². The van der Waals surface area contributed by atoms with Crippen LogP contribution < -0.4 is 0 Å². The third kappa shape index (κ3) is 2.11. The molecular formula is C6H9ClOS. The fraction of sp³-hybridized carbons (Fsp3) is 0.667. The molecule has 0 N–H and O–H groups in total. The molecule has 3 heteroatoms. The van der Waals surface area contributed by atoms with E-state index in [-0.39, 0.29) is 0 Å². The molecule has 0 amide bonds. The molecule has 0 spiro atoms. The van der Waals surface area contributed by atoms with Crippen molar-refractivity contribution >= 4 is 20.7 Å². The molecule has 52 valence electrons. The second kappa shape index (κ2) is 3.37. The standard InChI is InChI=1S/C6H9ClOS/c7-9(8)6-4-2-1-3-5-6/h4H,1-3,5H2. The Hall–Kier alpha value is 0.180. The van der Waals surface area contributed by atoms with Gasteiger partial charge in [0.1, 0.15) is 10.0 Å². The topological polar surface area (TPSA) is 17.1 Å². The van der Waals surface area contributed by atoms with Crippen molar-refractivity contribution in [2.45, 2.75) is 25.7 Å². The van der Waals surface area contributed by atoms with Crippen LogP contribution in [-0.4, -0.2) is 4.21 Å². The lowest BCUT2D eigenvalue weighted by molar-refractivity contribution is 0.682. The highest BCUT2D eigenvalue weighted by Crippen LogP contribution is 2.21. The van der Waals surface area contributed by atoms with E-state index in [0.717, 1.165) is 24.2 Å². The van der Waals surface area contributed by atoms with Gasteiger partial charge in [0.05, 0.1) is 0 Å². The number of hydrogen-bond acceptors (Lipinski definition) is 1. The maximum atomic E-state index is 10.6. The first kappa shape index (κ1) is 7.29. The summed E-state index contributed by atoms with van der Waals surface area (Å²) >= 11 is 0. The van der Waals surface area contributed by atoms with E-state index in [4.69, 9.17) is 10.7 Å². The van der Waals surface area contributed by atoms with Crippen LogP contribution in [0.1, 0.15) is 25.7 Å². The summed E-state index contributed by atoms with van der Waals surface area (Å²) in [6, 6.07) is 0. The van der Waals surface area contributed by atoms with Crippen LogP contribution >= 0.6 is 10.7 Å². The number of hydrogen-bond donors (Lipinski definition) is 0. The third-order valence-electron chi connectivity index (χ3n) is 1.46. The third-order valence-corrected chi connectivity index (χ3v) is 2.83. The van der Waals surface area contributed by atoms with Gasteiger partial charge >= 0.3 is 0 Å². The Morgan fingerprint density at radius 1 is 1.56 bits per heavy atom. The van der Waals surface area contributed by atoms with E-state index in [1.807, 2.05) is 6.08 Å². The van der Waals surface area contributed by atoms with Gasteiger partial charge in [0, 0.05) is 4.91 Å². The van der Waals surface area contributed by atoms with Crippen LogP contribution in [0.15, 0.2) is 11.0 Å². The number of rotatable bonds is 1. The second-order valence-electron chi connectivity index (χ2n) is 2.14. The van der Waals surface area contributed by atoms with Gasteiger partial charge in [0.25, 0.3) is 0 Å². The van der Waals surface area contributed by atoms with Crippen molar-refractivity contribution in [2.75, 3.05) is 0 Å². The van der Waals surface area contributed by atoms with Gasteiger partial charge in [-0.15, -0.1) is 0 Å². The van der Waals surface area contributed by atoms with Crippen molar-refractivity contribution in [3.63, 3.8) is 0 Å². The van der Waals surface area contributed by atoms with Crippen LogP contribution in [0.5, 0.6) is 0 Å². The Balaban J connectivity index is 2.57. The van der Waals surface area contributed by atoms with Gasteiger partial charge in [0.15, 0.2) is 0 Å². The SMILES string of the molecule is O=S(Cl)C1=CCCCC1. The van der Waals surface area contributed by atoms with Crippen LogP contribution in [0.4, 0.5) is 0 Å². The quantitative estimate of drug-likeness (QED) is 0.544. The predicted molar refractivity (Wildman–Crippen MR) is 40.5 cm³/mol. The lowest BCUT2D eigenvalue weighted by Gasteiger charge is -2.06. The maximum absolute atomic E-state index is 10.6. The lowest BCUT2D eigenvalue weighted by Crippen LogP contribution is -1.93. The molecule has 1 atom stereocenters. The first-order valence-electron chi connectivity index (χ1n) is 3.08. The van der Waals surface area contributed by atoms with E-state index in [9.17, 15) is 4.21 Å². The molecule has 1 aliphatic rings. The van der Waals surface area contributed by atoms with Crippen molar-refractivity contribution < 1.29 is 4.21 Å². The zero-order chi connectivity index (χ0) is 6.69. The molecule has 0 saturated carbocycles. The van der Waals surface area contributed by atoms with Gasteiger partial charge in [-0.05, 0) is 36.4 Å². The minimum atomic E-state index is -1.22. The highest BCUT2D eigenvalue weighted by Gasteiger charge is 2.07. The molecular weight excluding hydrogens is 156 g/mol. The molecule has 1 unspecified atom stereocenters. The molecule has 0 aliphatic heterocycles. The Labute approximate surface area is 62.0 Å². The van der Waals surface area contributed by atoms with E-state index in [1.54, 1.807) is 0 Å². The van der Waals surface area contributed by atoms with E-state index in [1.165, 1.54) is 6.42 Å². The van der Waals surface area contributed by atoms with Crippen LogP contribution in [0.3, 0.4) is 0 Å². The van der Waals surface area contributed by atoms with Gasteiger partial charge in [-0.1, -0.05) is 6.08 Å². The van der Waals surface area contributed by atoms with Gasteiger partial charge in [-0.2, -0.15) is 0 Å². The molecule has 0 radical (unpaired) electrons. The fourth-order valence-electron chi connectivity index (χ4n) is 0.954. The van der Waals surface area contributed by atoms with Gasteiger partial charge in [-0.3, -0.25) is 0 Å². The molecule has 0 fully saturated rings. The van der Waals surface area contributed by atoms with E-state index < -0.39 is 10.0 Å². The second-order valence-corrected chi connectivity index (χ2v) is 3.95. The largest absolute Gasteiger partial charge is 0.238 e. The zero-order valence-corrected chi connectivity index (χ0v) is 6.67. The van der Waals surface area contributed by atoms with E-state index >= 15 is 0 Å². The number of allylic oxidation sites excluding steroid dienone is 2.